The maximum atomic E-state index is 11.4. The zero-order valence-electron chi connectivity index (χ0n) is 11.1. The van der Waals surface area contributed by atoms with E-state index < -0.39 is 0 Å². The van der Waals surface area contributed by atoms with E-state index in [0.717, 1.165) is 0 Å². The first-order valence-electron chi connectivity index (χ1n) is 5.89. The second-order valence-corrected chi connectivity index (χ2v) is 4.94. The molecule has 2 amide bonds. The van der Waals surface area contributed by atoms with Gasteiger partial charge in [-0.15, -0.1) is 6.58 Å². The number of rotatable bonds is 7. The van der Waals surface area contributed by atoms with Gasteiger partial charge in [-0.1, -0.05) is 6.08 Å². The van der Waals surface area contributed by atoms with E-state index >= 15 is 0 Å². The van der Waals surface area contributed by atoms with Crippen LogP contribution in [0, 0.1) is 0 Å². The molecule has 0 bridgehead atoms. The molecule has 0 fully saturated rings. The molecule has 0 aliphatic rings. The molecule has 5 nitrogen and oxygen atoms in total. The Labute approximate surface area is 104 Å². The first-order valence-corrected chi connectivity index (χ1v) is 5.89. The molecule has 0 aliphatic carbocycles. The fraction of sp³-hybridized carbons (Fsp3) is 0.750. The van der Waals surface area contributed by atoms with Gasteiger partial charge in [-0.05, 0) is 20.8 Å². The number of nitrogens with zero attached hydrogens (tertiary/aromatic N) is 1. The highest BCUT2D eigenvalue weighted by Gasteiger charge is 2.13. The highest BCUT2D eigenvalue weighted by Crippen LogP contribution is 1.97. The minimum atomic E-state index is -0.226. The molecule has 0 aromatic rings. The lowest BCUT2D eigenvalue weighted by Crippen LogP contribution is -2.48. The number of hydrogen-bond acceptors (Lipinski definition) is 3. The summed E-state index contributed by atoms with van der Waals surface area (Å²) in [4.78, 5) is 13.5. The number of aliphatic hydroxyl groups is 1. The number of carbonyl (C=O) groups excluding carboxylic acids is 1. The molecular formula is C12H25N3O2. The van der Waals surface area contributed by atoms with Crippen molar-refractivity contribution in [3.05, 3.63) is 12.7 Å². The number of amides is 2. The van der Waals surface area contributed by atoms with Gasteiger partial charge in [0.25, 0.3) is 0 Å². The summed E-state index contributed by atoms with van der Waals surface area (Å²) in [5, 5.41) is 14.4. The van der Waals surface area contributed by atoms with E-state index in [4.69, 9.17) is 5.11 Å². The Morgan fingerprint density at radius 3 is 2.53 bits per heavy atom. The predicted molar refractivity (Wildman–Crippen MR) is 70.0 cm³/mol. The van der Waals surface area contributed by atoms with Gasteiger partial charge in [0.05, 0.1) is 6.61 Å². The zero-order chi connectivity index (χ0) is 13.3. The molecule has 0 saturated carbocycles. The Balaban J connectivity index is 3.79. The topological polar surface area (TPSA) is 64.6 Å². The third-order valence-electron chi connectivity index (χ3n) is 2.01. The molecule has 0 saturated heterocycles. The van der Waals surface area contributed by atoms with Crippen molar-refractivity contribution in [2.24, 2.45) is 0 Å². The van der Waals surface area contributed by atoms with Crippen LogP contribution in [0.15, 0.2) is 12.7 Å². The predicted octanol–water partition coefficient (Wildman–Crippen LogP) is 0.564. The minimum Gasteiger partial charge on any atom is -0.395 e. The first-order chi connectivity index (χ1) is 7.89. The van der Waals surface area contributed by atoms with Crippen molar-refractivity contribution in [1.82, 2.24) is 15.5 Å². The summed E-state index contributed by atoms with van der Waals surface area (Å²) in [7, 11) is 0. The van der Waals surface area contributed by atoms with Crippen LogP contribution in [0.2, 0.25) is 0 Å². The van der Waals surface area contributed by atoms with E-state index in [-0.39, 0.29) is 18.2 Å². The molecule has 17 heavy (non-hydrogen) atoms. The summed E-state index contributed by atoms with van der Waals surface area (Å²) in [6.45, 7) is 12.1. The average molecular weight is 243 g/mol. The van der Waals surface area contributed by atoms with Gasteiger partial charge < -0.3 is 15.7 Å². The summed E-state index contributed by atoms with van der Waals surface area (Å²) in [5.41, 5.74) is -0.226. The summed E-state index contributed by atoms with van der Waals surface area (Å²) in [6, 6.07) is -0.167. The van der Waals surface area contributed by atoms with Crippen LogP contribution in [-0.2, 0) is 0 Å². The van der Waals surface area contributed by atoms with Gasteiger partial charge in [0.1, 0.15) is 0 Å². The summed E-state index contributed by atoms with van der Waals surface area (Å²) < 4.78 is 0. The maximum absolute atomic E-state index is 11.4. The standard InChI is InChI=1S/C12H25N3O2/c1-5-7-15(9-10-16)8-6-13-11(17)14-12(2,3)4/h5,16H,1,6-10H2,2-4H3,(H2,13,14,17). The Morgan fingerprint density at radius 1 is 1.41 bits per heavy atom. The summed E-state index contributed by atoms with van der Waals surface area (Å²) in [5.74, 6) is 0. The molecule has 0 aliphatic heterocycles. The normalized spacial score (nSPS) is 11.4. The lowest BCUT2D eigenvalue weighted by molar-refractivity contribution is 0.205. The summed E-state index contributed by atoms with van der Waals surface area (Å²) in [6.07, 6.45) is 1.78. The van der Waals surface area contributed by atoms with Gasteiger partial charge in [0, 0.05) is 31.7 Å². The third kappa shape index (κ3) is 9.84. The molecule has 0 rings (SSSR count). The molecule has 0 spiro atoms. The van der Waals surface area contributed by atoms with Crippen molar-refractivity contribution in [3.8, 4) is 0 Å². The second kappa shape index (κ2) is 8.08. The Hall–Kier alpha value is -1.07. The van der Waals surface area contributed by atoms with Crippen LogP contribution in [0.3, 0.4) is 0 Å². The number of urea groups is 1. The van der Waals surface area contributed by atoms with Crippen LogP contribution in [0.4, 0.5) is 4.79 Å². The second-order valence-electron chi connectivity index (χ2n) is 4.94. The molecule has 100 valence electrons. The van der Waals surface area contributed by atoms with Gasteiger partial charge in [-0.3, -0.25) is 4.90 Å². The van der Waals surface area contributed by atoms with Crippen LogP contribution in [0.5, 0.6) is 0 Å². The fourth-order valence-electron chi connectivity index (χ4n) is 1.33. The van der Waals surface area contributed by atoms with Crippen molar-refractivity contribution in [2.45, 2.75) is 26.3 Å². The zero-order valence-corrected chi connectivity index (χ0v) is 11.1. The highest BCUT2D eigenvalue weighted by molar-refractivity contribution is 5.74. The van der Waals surface area contributed by atoms with E-state index in [9.17, 15) is 4.79 Å². The van der Waals surface area contributed by atoms with Crippen LogP contribution < -0.4 is 10.6 Å². The molecule has 3 N–H and O–H groups in total. The number of nitrogens with one attached hydrogen (secondary N) is 2. The van der Waals surface area contributed by atoms with Gasteiger partial charge in [-0.25, -0.2) is 4.79 Å². The van der Waals surface area contributed by atoms with E-state index in [1.807, 2.05) is 25.7 Å². The van der Waals surface area contributed by atoms with Crippen molar-refractivity contribution in [1.29, 1.82) is 0 Å². The quantitative estimate of drug-likeness (QED) is 0.573. The number of aliphatic hydroxyl groups excluding tert-OH is 1. The SMILES string of the molecule is C=CCN(CCO)CCNC(=O)NC(C)(C)C. The van der Waals surface area contributed by atoms with Gasteiger partial charge in [0.15, 0.2) is 0 Å². The lowest BCUT2D eigenvalue weighted by atomic mass is 10.1. The number of carbonyl (C=O) groups is 1. The molecule has 0 aromatic carbocycles. The van der Waals surface area contributed by atoms with Crippen molar-refractivity contribution in [3.63, 3.8) is 0 Å². The highest BCUT2D eigenvalue weighted by atomic mass is 16.3. The van der Waals surface area contributed by atoms with Crippen LogP contribution in [0.1, 0.15) is 20.8 Å². The van der Waals surface area contributed by atoms with Crippen molar-refractivity contribution < 1.29 is 9.90 Å². The molecule has 0 aromatic heterocycles. The summed E-state index contributed by atoms with van der Waals surface area (Å²) >= 11 is 0. The minimum absolute atomic E-state index is 0.113. The van der Waals surface area contributed by atoms with E-state index in [1.165, 1.54) is 0 Å². The molecule has 0 unspecified atom stereocenters. The third-order valence-corrected chi connectivity index (χ3v) is 2.01. The first kappa shape index (κ1) is 15.9. The van der Waals surface area contributed by atoms with Crippen molar-refractivity contribution in [2.75, 3.05) is 32.8 Å². The lowest BCUT2D eigenvalue weighted by Gasteiger charge is -2.22. The smallest absolute Gasteiger partial charge is 0.315 e. The van der Waals surface area contributed by atoms with E-state index in [0.29, 0.717) is 26.2 Å². The van der Waals surface area contributed by atoms with Crippen LogP contribution >= 0.6 is 0 Å². The van der Waals surface area contributed by atoms with E-state index in [1.54, 1.807) is 6.08 Å². The van der Waals surface area contributed by atoms with Gasteiger partial charge in [0.2, 0.25) is 0 Å². The fourth-order valence-corrected chi connectivity index (χ4v) is 1.33. The molecule has 5 heteroatoms. The van der Waals surface area contributed by atoms with Crippen molar-refractivity contribution >= 4 is 6.03 Å². The maximum Gasteiger partial charge on any atom is 0.315 e. The van der Waals surface area contributed by atoms with Gasteiger partial charge in [-0.2, -0.15) is 0 Å². The monoisotopic (exact) mass is 243 g/mol. The van der Waals surface area contributed by atoms with Gasteiger partial charge >= 0.3 is 6.03 Å². The molecule has 0 heterocycles. The Kier molecular flexibility index (Phi) is 7.58. The number of hydrogen-bond donors (Lipinski definition) is 3. The molecular weight excluding hydrogens is 218 g/mol. The molecule has 0 atom stereocenters. The average Bonchev–Trinajstić information content (AvgIpc) is 2.15. The largest absolute Gasteiger partial charge is 0.395 e. The Morgan fingerprint density at radius 2 is 2.06 bits per heavy atom. The van der Waals surface area contributed by atoms with Crippen LogP contribution in [-0.4, -0.2) is 54.4 Å². The van der Waals surface area contributed by atoms with E-state index in [2.05, 4.69) is 17.2 Å². The Bertz CT molecular complexity index is 236. The molecule has 0 radical (unpaired) electrons. The van der Waals surface area contributed by atoms with Crippen LogP contribution in [0.25, 0.3) is 0 Å².